The molecule has 3 heterocycles. The molecule has 1 saturated heterocycles. The molecule has 0 spiro atoms. The molecule has 1 aliphatic rings. The lowest BCUT2D eigenvalue weighted by Crippen LogP contribution is -2.46. The van der Waals surface area contributed by atoms with Crippen LogP contribution in [0.4, 0.5) is 5.82 Å². The number of aryl methyl sites for hydroxylation is 1. The standard InChI is InChI=1S/C14H22N6O2S/c1-4-23(21,22)18(3)12-5-7-19(8-6-12)13-9-11(2)17-14-15-10-16-20(13)14/h9-10,12H,4-8H2,1-3H3. The Balaban J connectivity index is 1.77. The van der Waals surface area contributed by atoms with E-state index in [0.717, 1.165) is 37.4 Å². The van der Waals surface area contributed by atoms with Gasteiger partial charge in [-0.2, -0.15) is 14.6 Å². The Morgan fingerprint density at radius 3 is 2.70 bits per heavy atom. The predicted octanol–water partition coefficient (Wildman–Crippen LogP) is 0.683. The molecule has 0 saturated carbocycles. The molecule has 2 aromatic rings. The fraction of sp³-hybridized carbons (Fsp3) is 0.643. The van der Waals surface area contributed by atoms with E-state index in [2.05, 4.69) is 20.0 Å². The Labute approximate surface area is 136 Å². The van der Waals surface area contributed by atoms with Crippen LogP contribution in [0, 0.1) is 6.92 Å². The van der Waals surface area contributed by atoms with Gasteiger partial charge >= 0.3 is 0 Å². The molecule has 1 aliphatic heterocycles. The van der Waals surface area contributed by atoms with E-state index in [4.69, 9.17) is 0 Å². The highest BCUT2D eigenvalue weighted by Gasteiger charge is 2.29. The van der Waals surface area contributed by atoms with Gasteiger partial charge in [-0.25, -0.2) is 17.7 Å². The van der Waals surface area contributed by atoms with Crippen molar-refractivity contribution in [1.29, 1.82) is 0 Å². The van der Waals surface area contributed by atoms with Crippen LogP contribution < -0.4 is 4.90 Å². The molecule has 9 heteroatoms. The second kappa shape index (κ2) is 6.04. The molecule has 126 valence electrons. The highest BCUT2D eigenvalue weighted by Crippen LogP contribution is 2.24. The van der Waals surface area contributed by atoms with Crippen molar-refractivity contribution in [2.24, 2.45) is 0 Å². The molecule has 2 aromatic heterocycles. The van der Waals surface area contributed by atoms with E-state index in [1.807, 2.05) is 13.0 Å². The first-order valence-corrected chi connectivity index (χ1v) is 9.41. The number of nitrogens with zero attached hydrogens (tertiary/aromatic N) is 6. The summed E-state index contributed by atoms with van der Waals surface area (Å²) in [5, 5.41) is 4.24. The Hall–Kier alpha value is -1.74. The van der Waals surface area contributed by atoms with Gasteiger partial charge in [0.1, 0.15) is 12.1 Å². The summed E-state index contributed by atoms with van der Waals surface area (Å²) in [7, 11) is -1.45. The lowest BCUT2D eigenvalue weighted by Gasteiger charge is -2.37. The van der Waals surface area contributed by atoms with Crippen LogP contribution >= 0.6 is 0 Å². The van der Waals surface area contributed by atoms with Crippen LogP contribution in [0.15, 0.2) is 12.4 Å². The molecule has 0 N–H and O–H groups in total. The van der Waals surface area contributed by atoms with Gasteiger partial charge in [0.05, 0.1) is 5.75 Å². The van der Waals surface area contributed by atoms with Crippen LogP contribution in [-0.4, -0.2) is 64.2 Å². The van der Waals surface area contributed by atoms with Crippen molar-refractivity contribution in [3.8, 4) is 0 Å². The largest absolute Gasteiger partial charge is 0.356 e. The average Bonchev–Trinajstić information content (AvgIpc) is 3.01. The topological polar surface area (TPSA) is 83.7 Å². The number of sulfonamides is 1. The highest BCUT2D eigenvalue weighted by atomic mass is 32.2. The molecule has 8 nitrogen and oxygen atoms in total. The fourth-order valence-electron chi connectivity index (χ4n) is 3.03. The summed E-state index contributed by atoms with van der Waals surface area (Å²) in [4.78, 5) is 10.7. The maximum atomic E-state index is 12.0. The van der Waals surface area contributed by atoms with Crippen LogP contribution in [-0.2, 0) is 10.0 Å². The van der Waals surface area contributed by atoms with Crippen LogP contribution in [0.5, 0.6) is 0 Å². The minimum atomic E-state index is -3.14. The molecule has 0 atom stereocenters. The summed E-state index contributed by atoms with van der Waals surface area (Å²) in [6.07, 6.45) is 3.10. The van der Waals surface area contributed by atoms with Crippen molar-refractivity contribution in [2.75, 3.05) is 30.8 Å². The zero-order valence-electron chi connectivity index (χ0n) is 13.7. The Morgan fingerprint density at radius 2 is 2.04 bits per heavy atom. The second-order valence-electron chi connectivity index (χ2n) is 5.86. The van der Waals surface area contributed by atoms with Gasteiger partial charge in [-0.15, -0.1) is 0 Å². The molecule has 0 aliphatic carbocycles. The number of fused-ring (bicyclic) bond motifs is 1. The third kappa shape index (κ3) is 3.02. The van der Waals surface area contributed by atoms with E-state index < -0.39 is 10.0 Å². The van der Waals surface area contributed by atoms with Crippen molar-refractivity contribution in [1.82, 2.24) is 23.9 Å². The first-order valence-electron chi connectivity index (χ1n) is 7.80. The Bertz CT molecular complexity index is 795. The molecule has 0 aromatic carbocycles. The predicted molar refractivity (Wildman–Crippen MR) is 88.0 cm³/mol. The normalized spacial score (nSPS) is 17.3. The van der Waals surface area contributed by atoms with E-state index in [-0.39, 0.29) is 11.8 Å². The molecular formula is C14H22N6O2S. The van der Waals surface area contributed by atoms with Gasteiger partial charge in [-0.05, 0) is 26.7 Å². The van der Waals surface area contributed by atoms with Gasteiger partial charge < -0.3 is 4.90 Å². The van der Waals surface area contributed by atoms with Gasteiger partial charge in [0.2, 0.25) is 10.0 Å². The number of rotatable bonds is 4. The first-order chi connectivity index (χ1) is 10.9. The molecule has 0 unspecified atom stereocenters. The molecule has 0 radical (unpaired) electrons. The lowest BCUT2D eigenvalue weighted by molar-refractivity contribution is 0.311. The van der Waals surface area contributed by atoms with Crippen molar-refractivity contribution in [3.05, 3.63) is 18.1 Å². The summed E-state index contributed by atoms with van der Waals surface area (Å²) >= 11 is 0. The van der Waals surface area contributed by atoms with Crippen LogP contribution in [0.2, 0.25) is 0 Å². The lowest BCUT2D eigenvalue weighted by atomic mass is 10.1. The van der Waals surface area contributed by atoms with Gasteiger partial charge in [0, 0.05) is 37.9 Å². The summed E-state index contributed by atoms with van der Waals surface area (Å²) in [5.74, 6) is 1.70. The first kappa shape index (κ1) is 16.1. The fourth-order valence-corrected chi connectivity index (χ4v) is 4.10. The SMILES string of the molecule is CCS(=O)(=O)N(C)C1CCN(c2cc(C)nc3ncnn23)CC1. The van der Waals surface area contributed by atoms with Crippen molar-refractivity contribution in [3.63, 3.8) is 0 Å². The summed E-state index contributed by atoms with van der Waals surface area (Å²) in [6.45, 7) is 5.19. The zero-order chi connectivity index (χ0) is 16.6. The molecule has 3 rings (SSSR count). The summed E-state index contributed by atoms with van der Waals surface area (Å²) in [5.41, 5.74) is 0.897. The van der Waals surface area contributed by atoms with E-state index in [1.165, 1.54) is 10.6 Å². The van der Waals surface area contributed by atoms with E-state index in [9.17, 15) is 8.42 Å². The minimum absolute atomic E-state index is 0.0605. The molecule has 0 amide bonds. The van der Waals surface area contributed by atoms with Gasteiger partial charge in [-0.3, -0.25) is 0 Å². The maximum absolute atomic E-state index is 12.0. The van der Waals surface area contributed by atoms with Gasteiger partial charge in [0.25, 0.3) is 5.78 Å². The van der Waals surface area contributed by atoms with Crippen molar-refractivity contribution < 1.29 is 8.42 Å². The third-order valence-electron chi connectivity index (χ3n) is 4.47. The van der Waals surface area contributed by atoms with Crippen LogP contribution in [0.25, 0.3) is 5.78 Å². The Kier molecular flexibility index (Phi) is 4.24. The molecule has 23 heavy (non-hydrogen) atoms. The summed E-state index contributed by atoms with van der Waals surface area (Å²) < 4.78 is 27.3. The second-order valence-corrected chi connectivity index (χ2v) is 8.18. The van der Waals surface area contributed by atoms with E-state index in [1.54, 1.807) is 18.5 Å². The van der Waals surface area contributed by atoms with Gasteiger partial charge in [-0.1, -0.05) is 0 Å². The van der Waals surface area contributed by atoms with Crippen LogP contribution in [0.3, 0.4) is 0 Å². The highest BCUT2D eigenvalue weighted by molar-refractivity contribution is 7.89. The smallest absolute Gasteiger partial charge is 0.254 e. The monoisotopic (exact) mass is 338 g/mol. The number of aromatic nitrogens is 4. The number of hydrogen-bond acceptors (Lipinski definition) is 6. The van der Waals surface area contributed by atoms with E-state index in [0.29, 0.717) is 5.78 Å². The minimum Gasteiger partial charge on any atom is -0.356 e. The van der Waals surface area contributed by atoms with Crippen LogP contribution in [0.1, 0.15) is 25.5 Å². The maximum Gasteiger partial charge on any atom is 0.254 e. The number of piperidine rings is 1. The quantitative estimate of drug-likeness (QED) is 0.815. The van der Waals surface area contributed by atoms with Gasteiger partial charge in [0.15, 0.2) is 0 Å². The van der Waals surface area contributed by atoms with E-state index >= 15 is 0 Å². The Morgan fingerprint density at radius 1 is 1.35 bits per heavy atom. The number of anilines is 1. The zero-order valence-corrected chi connectivity index (χ0v) is 14.5. The third-order valence-corrected chi connectivity index (χ3v) is 6.37. The summed E-state index contributed by atoms with van der Waals surface area (Å²) in [6, 6.07) is 2.06. The van der Waals surface area contributed by atoms with Crippen molar-refractivity contribution in [2.45, 2.75) is 32.7 Å². The molecule has 1 fully saturated rings. The molecular weight excluding hydrogens is 316 g/mol. The van der Waals surface area contributed by atoms with Crippen molar-refractivity contribution >= 4 is 21.6 Å². The number of hydrogen-bond donors (Lipinski definition) is 0. The molecule has 0 bridgehead atoms. The average molecular weight is 338 g/mol.